The number of rotatable bonds is 4. The van der Waals surface area contributed by atoms with Gasteiger partial charge in [-0.15, -0.1) is 0 Å². The predicted octanol–water partition coefficient (Wildman–Crippen LogP) is 3.07. The first-order valence-corrected chi connectivity index (χ1v) is 7.62. The van der Waals surface area contributed by atoms with Crippen molar-refractivity contribution < 1.29 is 4.79 Å². The second-order valence-electron chi connectivity index (χ2n) is 5.80. The Bertz CT molecular complexity index is 461. The quantitative estimate of drug-likeness (QED) is 0.888. The highest BCUT2D eigenvalue weighted by Crippen LogP contribution is 2.29. The lowest BCUT2D eigenvalue weighted by atomic mass is 9.78. The molecule has 0 bridgehead atoms. The third-order valence-electron chi connectivity index (χ3n) is 4.46. The van der Waals surface area contributed by atoms with Crippen LogP contribution in [0.1, 0.15) is 50.4 Å². The van der Waals surface area contributed by atoms with Crippen LogP contribution < -0.4 is 10.6 Å². The van der Waals surface area contributed by atoms with E-state index in [1.165, 1.54) is 12.8 Å². The molecule has 3 atom stereocenters. The zero-order chi connectivity index (χ0) is 14.5. The van der Waals surface area contributed by atoms with Crippen LogP contribution in [-0.4, -0.2) is 23.5 Å². The van der Waals surface area contributed by atoms with Crippen LogP contribution in [0.2, 0.25) is 0 Å². The summed E-state index contributed by atoms with van der Waals surface area (Å²) in [6.45, 7) is 7.33. The van der Waals surface area contributed by atoms with E-state index in [4.69, 9.17) is 0 Å². The molecule has 0 spiro atoms. The van der Waals surface area contributed by atoms with Crippen molar-refractivity contribution in [2.24, 2.45) is 11.8 Å². The van der Waals surface area contributed by atoms with E-state index >= 15 is 0 Å². The Morgan fingerprint density at radius 2 is 2.20 bits per heavy atom. The summed E-state index contributed by atoms with van der Waals surface area (Å²) in [4.78, 5) is 16.5. The van der Waals surface area contributed by atoms with Gasteiger partial charge in [0.15, 0.2) is 0 Å². The molecule has 1 heterocycles. The normalized spacial score (nSPS) is 26.1. The molecule has 1 aromatic heterocycles. The van der Waals surface area contributed by atoms with Gasteiger partial charge in [-0.3, -0.25) is 9.78 Å². The van der Waals surface area contributed by atoms with Gasteiger partial charge in [-0.05, 0) is 31.2 Å². The van der Waals surface area contributed by atoms with E-state index in [1.807, 2.05) is 13.0 Å². The molecule has 0 radical (unpaired) electrons. The lowest BCUT2D eigenvalue weighted by Gasteiger charge is -2.34. The molecule has 0 aliphatic heterocycles. The van der Waals surface area contributed by atoms with Crippen molar-refractivity contribution in [3.8, 4) is 0 Å². The maximum absolute atomic E-state index is 12.5. The Hall–Kier alpha value is -1.58. The van der Waals surface area contributed by atoms with Crippen molar-refractivity contribution in [2.45, 2.75) is 46.1 Å². The summed E-state index contributed by atoms with van der Waals surface area (Å²) < 4.78 is 0. The number of carbonyl (C=O) groups excluding carboxylic acids is 1. The first-order valence-electron chi connectivity index (χ1n) is 7.62. The van der Waals surface area contributed by atoms with Gasteiger partial charge in [0.2, 0.25) is 0 Å². The highest BCUT2D eigenvalue weighted by Gasteiger charge is 2.28. The highest BCUT2D eigenvalue weighted by molar-refractivity contribution is 5.99. The Balaban J connectivity index is 2.08. The van der Waals surface area contributed by atoms with E-state index in [-0.39, 0.29) is 11.9 Å². The van der Waals surface area contributed by atoms with E-state index in [2.05, 4.69) is 29.5 Å². The zero-order valence-corrected chi connectivity index (χ0v) is 12.6. The number of nitrogens with one attached hydrogen (secondary N) is 2. The number of pyridine rings is 1. The Morgan fingerprint density at radius 3 is 2.95 bits per heavy atom. The maximum Gasteiger partial charge on any atom is 0.255 e. The van der Waals surface area contributed by atoms with Gasteiger partial charge >= 0.3 is 0 Å². The Morgan fingerprint density at radius 1 is 1.40 bits per heavy atom. The second kappa shape index (κ2) is 6.73. The molecule has 110 valence electrons. The van der Waals surface area contributed by atoms with E-state index in [1.54, 1.807) is 12.4 Å². The molecule has 0 saturated heterocycles. The van der Waals surface area contributed by atoms with Gasteiger partial charge in [-0.2, -0.15) is 0 Å². The monoisotopic (exact) mass is 275 g/mol. The minimum Gasteiger partial charge on any atom is -0.385 e. The second-order valence-corrected chi connectivity index (χ2v) is 5.80. The largest absolute Gasteiger partial charge is 0.385 e. The minimum absolute atomic E-state index is 0.0139. The van der Waals surface area contributed by atoms with Gasteiger partial charge in [0.25, 0.3) is 5.91 Å². The number of hydrogen-bond donors (Lipinski definition) is 2. The molecule has 3 unspecified atom stereocenters. The van der Waals surface area contributed by atoms with Crippen LogP contribution in [0, 0.1) is 11.8 Å². The fraction of sp³-hybridized carbons (Fsp3) is 0.625. The average Bonchev–Trinajstić information content (AvgIpc) is 2.45. The van der Waals surface area contributed by atoms with E-state index in [0.29, 0.717) is 17.4 Å². The fourth-order valence-electron chi connectivity index (χ4n) is 2.95. The van der Waals surface area contributed by atoms with Crippen molar-refractivity contribution >= 4 is 11.6 Å². The lowest BCUT2D eigenvalue weighted by molar-refractivity contribution is 0.0891. The summed E-state index contributed by atoms with van der Waals surface area (Å²) >= 11 is 0. The van der Waals surface area contributed by atoms with Gasteiger partial charge in [0, 0.05) is 25.0 Å². The number of anilines is 1. The molecule has 0 aromatic carbocycles. The van der Waals surface area contributed by atoms with E-state index in [0.717, 1.165) is 18.7 Å². The van der Waals surface area contributed by atoms with Crippen molar-refractivity contribution in [1.82, 2.24) is 10.3 Å². The summed E-state index contributed by atoms with van der Waals surface area (Å²) in [5, 5.41) is 6.41. The summed E-state index contributed by atoms with van der Waals surface area (Å²) in [7, 11) is 0. The van der Waals surface area contributed by atoms with Gasteiger partial charge in [-0.25, -0.2) is 0 Å². The summed E-state index contributed by atoms with van der Waals surface area (Å²) in [6, 6.07) is 2.13. The molecule has 2 rings (SSSR count). The van der Waals surface area contributed by atoms with Crippen LogP contribution in [0.4, 0.5) is 5.69 Å². The smallest absolute Gasteiger partial charge is 0.255 e. The van der Waals surface area contributed by atoms with Crippen LogP contribution in [0.5, 0.6) is 0 Å². The Labute approximate surface area is 121 Å². The number of aromatic nitrogens is 1. The predicted molar refractivity (Wildman–Crippen MR) is 81.8 cm³/mol. The minimum atomic E-state index is -0.0139. The van der Waals surface area contributed by atoms with Crippen LogP contribution in [0.25, 0.3) is 0 Å². The first kappa shape index (κ1) is 14.8. The van der Waals surface area contributed by atoms with Crippen LogP contribution >= 0.6 is 0 Å². The van der Waals surface area contributed by atoms with E-state index < -0.39 is 0 Å². The van der Waals surface area contributed by atoms with Gasteiger partial charge in [0.05, 0.1) is 11.3 Å². The summed E-state index contributed by atoms with van der Waals surface area (Å²) in [6.07, 6.45) is 6.89. The SMILES string of the molecule is CCNc1ccncc1C(=O)NC1CCCC(C)C1C. The summed E-state index contributed by atoms with van der Waals surface area (Å²) in [5.41, 5.74) is 1.50. The third kappa shape index (κ3) is 3.30. The molecule has 4 nitrogen and oxygen atoms in total. The molecule has 1 fully saturated rings. The van der Waals surface area contributed by atoms with Crippen molar-refractivity contribution in [1.29, 1.82) is 0 Å². The topological polar surface area (TPSA) is 54.0 Å². The van der Waals surface area contributed by atoms with Crippen LogP contribution in [0.3, 0.4) is 0 Å². The Kier molecular flexibility index (Phi) is 4.99. The number of carbonyl (C=O) groups is 1. The molecule has 20 heavy (non-hydrogen) atoms. The highest BCUT2D eigenvalue weighted by atomic mass is 16.1. The van der Waals surface area contributed by atoms with Crippen molar-refractivity contribution in [2.75, 3.05) is 11.9 Å². The van der Waals surface area contributed by atoms with Gasteiger partial charge < -0.3 is 10.6 Å². The molecular formula is C16H25N3O. The molecule has 1 amide bonds. The van der Waals surface area contributed by atoms with Crippen LogP contribution in [0.15, 0.2) is 18.5 Å². The molecule has 1 aromatic rings. The standard InChI is InChI=1S/C16H25N3O/c1-4-18-15-8-9-17-10-13(15)16(20)19-14-7-5-6-11(2)12(14)3/h8-12,14H,4-7H2,1-3H3,(H,17,18)(H,19,20). The third-order valence-corrected chi connectivity index (χ3v) is 4.46. The number of nitrogens with zero attached hydrogens (tertiary/aromatic N) is 1. The lowest BCUT2D eigenvalue weighted by Crippen LogP contribution is -2.43. The van der Waals surface area contributed by atoms with Crippen molar-refractivity contribution in [3.63, 3.8) is 0 Å². The summed E-state index contributed by atoms with van der Waals surface area (Å²) in [5.74, 6) is 1.20. The fourth-order valence-corrected chi connectivity index (χ4v) is 2.95. The molecule has 1 aliphatic carbocycles. The maximum atomic E-state index is 12.5. The number of hydrogen-bond acceptors (Lipinski definition) is 3. The van der Waals surface area contributed by atoms with Gasteiger partial charge in [0.1, 0.15) is 0 Å². The van der Waals surface area contributed by atoms with Gasteiger partial charge in [-0.1, -0.05) is 26.7 Å². The molecule has 4 heteroatoms. The molecule has 1 saturated carbocycles. The molecule has 2 N–H and O–H groups in total. The first-order chi connectivity index (χ1) is 9.63. The van der Waals surface area contributed by atoms with Crippen molar-refractivity contribution in [3.05, 3.63) is 24.0 Å². The van der Waals surface area contributed by atoms with E-state index in [9.17, 15) is 4.79 Å². The molecular weight excluding hydrogens is 250 g/mol. The zero-order valence-electron chi connectivity index (χ0n) is 12.6. The van der Waals surface area contributed by atoms with Crippen LogP contribution in [-0.2, 0) is 0 Å². The average molecular weight is 275 g/mol. The number of amides is 1. The molecule has 1 aliphatic rings.